The summed E-state index contributed by atoms with van der Waals surface area (Å²) in [6.07, 6.45) is 2.50. The van der Waals surface area contributed by atoms with Gasteiger partial charge in [0.05, 0.1) is 18.3 Å². The third-order valence-electron chi connectivity index (χ3n) is 3.22. The topological polar surface area (TPSA) is 63.5 Å². The highest BCUT2D eigenvalue weighted by atomic mass is 79.9. The molecule has 2 atom stereocenters. The molecule has 0 amide bonds. The van der Waals surface area contributed by atoms with Crippen LogP contribution in [0, 0.1) is 0 Å². The van der Waals surface area contributed by atoms with Gasteiger partial charge in [0, 0.05) is 10.9 Å². The molecule has 1 aliphatic heterocycles. The summed E-state index contributed by atoms with van der Waals surface area (Å²) in [6.45, 7) is 0. The minimum absolute atomic E-state index is 0.0597. The molecule has 0 saturated carbocycles. The number of nitrogens with one attached hydrogen (secondary N) is 1. The van der Waals surface area contributed by atoms with Gasteiger partial charge in [0.1, 0.15) is 5.76 Å². The first-order valence-electron chi connectivity index (χ1n) is 6.11. The molecule has 0 saturated heterocycles. The molecule has 0 spiro atoms. The molecule has 98 valence electrons. The van der Waals surface area contributed by atoms with Crippen molar-refractivity contribution in [3.8, 4) is 0 Å². The smallest absolute Gasteiger partial charge is 0.189 e. The van der Waals surface area contributed by atoms with Crippen LogP contribution in [0.2, 0.25) is 0 Å². The average Bonchev–Trinajstić information content (AvgIpc) is 2.93. The number of hydrogen-bond acceptors (Lipinski definition) is 4. The van der Waals surface area contributed by atoms with Gasteiger partial charge in [0.25, 0.3) is 0 Å². The van der Waals surface area contributed by atoms with Crippen molar-refractivity contribution in [1.82, 2.24) is 5.32 Å². The Hall–Kier alpha value is -1.75. The van der Waals surface area contributed by atoms with Crippen molar-refractivity contribution < 1.29 is 4.42 Å². The fourth-order valence-electron chi connectivity index (χ4n) is 2.29. The molecule has 0 radical (unpaired) electrons. The summed E-state index contributed by atoms with van der Waals surface area (Å²) >= 11 is 3.44. The van der Waals surface area contributed by atoms with E-state index in [0.717, 1.165) is 22.2 Å². The van der Waals surface area contributed by atoms with Crippen LogP contribution in [0.1, 0.15) is 29.8 Å². The molecule has 0 bridgehead atoms. The van der Waals surface area contributed by atoms with E-state index in [1.165, 1.54) is 0 Å². The van der Waals surface area contributed by atoms with Crippen LogP contribution in [-0.4, -0.2) is 5.96 Å². The molecule has 1 aliphatic rings. The minimum Gasteiger partial charge on any atom is -0.467 e. The zero-order chi connectivity index (χ0) is 13.2. The Labute approximate surface area is 119 Å². The zero-order valence-electron chi connectivity index (χ0n) is 10.2. The molecule has 0 fully saturated rings. The van der Waals surface area contributed by atoms with Crippen LogP contribution in [0.4, 0.5) is 0 Å². The summed E-state index contributed by atoms with van der Waals surface area (Å²) in [5, 5.41) is 3.15. The first kappa shape index (κ1) is 12.3. The highest BCUT2D eigenvalue weighted by Crippen LogP contribution is 2.32. The van der Waals surface area contributed by atoms with E-state index < -0.39 is 0 Å². The van der Waals surface area contributed by atoms with Crippen LogP contribution in [0.25, 0.3) is 0 Å². The van der Waals surface area contributed by atoms with E-state index in [9.17, 15) is 0 Å². The van der Waals surface area contributed by atoms with Crippen LogP contribution >= 0.6 is 15.9 Å². The first-order chi connectivity index (χ1) is 9.22. The van der Waals surface area contributed by atoms with Crippen LogP contribution in [-0.2, 0) is 0 Å². The fraction of sp³-hybridized carbons (Fsp3) is 0.214. The maximum atomic E-state index is 5.88. The Morgan fingerprint density at radius 3 is 2.74 bits per heavy atom. The third-order valence-corrected chi connectivity index (χ3v) is 3.75. The molecule has 3 rings (SSSR count). The van der Waals surface area contributed by atoms with Gasteiger partial charge >= 0.3 is 0 Å². The third kappa shape index (κ3) is 2.66. The van der Waals surface area contributed by atoms with Crippen LogP contribution in [0.5, 0.6) is 0 Å². The number of nitrogens with two attached hydrogens (primary N) is 1. The first-order valence-corrected chi connectivity index (χ1v) is 6.90. The number of furan rings is 1. The molecule has 2 aromatic rings. The maximum Gasteiger partial charge on any atom is 0.189 e. The van der Waals surface area contributed by atoms with Crippen molar-refractivity contribution in [2.75, 3.05) is 0 Å². The van der Waals surface area contributed by atoms with Gasteiger partial charge in [-0.15, -0.1) is 0 Å². The lowest BCUT2D eigenvalue weighted by Crippen LogP contribution is -2.39. The molecule has 2 heterocycles. The van der Waals surface area contributed by atoms with E-state index in [0.29, 0.717) is 5.96 Å². The quantitative estimate of drug-likeness (QED) is 0.893. The van der Waals surface area contributed by atoms with Gasteiger partial charge in [-0.3, -0.25) is 0 Å². The van der Waals surface area contributed by atoms with E-state index in [1.54, 1.807) is 6.26 Å². The van der Waals surface area contributed by atoms with Gasteiger partial charge < -0.3 is 15.5 Å². The van der Waals surface area contributed by atoms with Gasteiger partial charge in [-0.1, -0.05) is 28.1 Å². The summed E-state index contributed by atoms with van der Waals surface area (Å²) < 4.78 is 6.50. The minimum atomic E-state index is 0.0597. The van der Waals surface area contributed by atoms with Crippen molar-refractivity contribution in [3.05, 3.63) is 58.5 Å². The lowest BCUT2D eigenvalue weighted by molar-refractivity contribution is 0.395. The van der Waals surface area contributed by atoms with E-state index in [2.05, 4.69) is 38.4 Å². The summed E-state index contributed by atoms with van der Waals surface area (Å²) in [5.41, 5.74) is 7.03. The fourth-order valence-corrected chi connectivity index (χ4v) is 2.56. The summed E-state index contributed by atoms with van der Waals surface area (Å²) in [6, 6.07) is 12.1. The van der Waals surface area contributed by atoms with Crippen LogP contribution < -0.4 is 11.1 Å². The van der Waals surface area contributed by atoms with E-state index in [4.69, 9.17) is 10.2 Å². The predicted molar refractivity (Wildman–Crippen MR) is 77.7 cm³/mol. The zero-order valence-corrected chi connectivity index (χ0v) is 11.8. The SMILES string of the molecule is NC1=NC(c2ccc(Br)cc2)CC(c2ccco2)N1. The van der Waals surface area contributed by atoms with Crippen LogP contribution in [0.15, 0.2) is 56.5 Å². The van der Waals surface area contributed by atoms with Crippen molar-refractivity contribution in [1.29, 1.82) is 0 Å². The lowest BCUT2D eigenvalue weighted by Gasteiger charge is -2.27. The average molecular weight is 320 g/mol. The normalized spacial score (nSPS) is 22.7. The van der Waals surface area contributed by atoms with Crippen molar-refractivity contribution in [2.24, 2.45) is 10.7 Å². The Balaban J connectivity index is 1.86. The maximum absolute atomic E-state index is 5.88. The summed E-state index contributed by atoms with van der Waals surface area (Å²) in [5.74, 6) is 1.35. The number of benzene rings is 1. The van der Waals surface area contributed by atoms with Gasteiger partial charge in [-0.25, -0.2) is 4.99 Å². The van der Waals surface area contributed by atoms with E-state index in [-0.39, 0.29) is 12.1 Å². The Morgan fingerprint density at radius 1 is 1.26 bits per heavy atom. The molecule has 2 unspecified atom stereocenters. The monoisotopic (exact) mass is 319 g/mol. The molecule has 1 aromatic carbocycles. The molecule has 19 heavy (non-hydrogen) atoms. The number of aliphatic imine (C=N–C) groups is 1. The van der Waals surface area contributed by atoms with E-state index in [1.807, 2.05) is 24.3 Å². The second kappa shape index (κ2) is 5.09. The second-order valence-corrected chi connectivity index (χ2v) is 5.45. The van der Waals surface area contributed by atoms with Crippen molar-refractivity contribution >= 4 is 21.9 Å². The number of hydrogen-bond donors (Lipinski definition) is 2. The van der Waals surface area contributed by atoms with Crippen molar-refractivity contribution in [2.45, 2.75) is 18.5 Å². The largest absolute Gasteiger partial charge is 0.467 e. The standard InChI is InChI=1S/C14H14BrN3O/c15-10-5-3-9(4-6-10)11-8-12(18-14(16)17-11)13-2-1-7-19-13/h1-7,11-12H,8H2,(H3,16,17,18). The van der Waals surface area contributed by atoms with Gasteiger partial charge in [0.2, 0.25) is 0 Å². The molecule has 1 aromatic heterocycles. The Kier molecular flexibility index (Phi) is 3.29. The molecule has 5 heteroatoms. The van der Waals surface area contributed by atoms with Gasteiger partial charge in [-0.2, -0.15) is 0 Å². The van der Waals surface area contributed by atoms with E-state index >= 15 is 0 Å². The molecule has 0 aliphatic carbocycles. The Bertz CT molecular complexity index is 577. The predicted octanol–water partition coefficient (Wildman–Crippen LogP) is 3.13. The Morgan fingerprint density at radius 2 is 2.05 bits per heavy atom. The summed E-state index contributed by atoms with van der Waals surface area (Å²) in [7, 11) is 0. The van der Waals surface area contributed by atoms with Gasteiger partial charge in [-0.05, 0) is 29.8 Å². The van der Waals surface area contributed by atoms with Gasteiger partial charge in [0.15, 0.2) is 5.96 Å². The molecular weight excluding hydrogens is 306 g/mol. The highest BCUT2D eigenvalue weighted by Gasteiger charge is 2.25. The second-order valence-electron chi connectivity index (χ2n) is 4.53. The molecular formula is C14H14BrN3O. The number of halogens is 1. The number of guanidine groups is 1. The summed E-state index contributed by atoms with van der Waals surface area (Å²) in [4.78, 5) is 4.47. The molecule has 4 nitrogen and oxygen atoms in total. The van der Waals surface area contributed by atoms with Crippen LogP contribution in [0.3, 0.4) is 0 Å². The molecule has 3 N–H and O–H groups in total. The lowest BCUT2D eigenvalue weighted by atomic mass is 9.97. The van der Waals surface area contributed by atoms with Crippen molar-refractivity contribution in [3.63, 3.8) is 0 Å². The number of nitrogens with zero attached hydrogens (tertiary/aromatic N) is 1. The highest BCUT2D eigenvalue weighted by molar-refractivity contribution is 9.10. The number of rotatable bonds is 2.